The highest BCUT2D eigenvalue weighted by Gasteiger charge is 2.21. The van der Waals surface area contributed by atoms with Gasteiger partial charge in [0.2, 0.25) is 5.76 Å². The van der Waals surface area contributed by atoms with Crippen molar-refractivity contribution in [1.82, 2.24) is 0 Å². The summed E-state index contributed by atoms with van der Waals surface area (Å²) in [5.74, 6) is -0.962. The van der Waals surface area contributed by atoms with Crippen LogP contribution in [0.2, 0.25) is 0 Å². The van der Waals surface area contributed by atoms with Gasteiger partial charge in [0.15, 0.2) is 6.61 Å². The zero-order chi connectivity index (χ0) is 22.8. The van der Waals surface area contributed by atoms with Crippen LogP contribution >= 0.6 is 0 Å². The molecule has 0 aliphatic carbocycles. The van der Waals surface area contributed by atoms with Crippen LogP contribution in [-0.4, -0.2) is 44.8 Å². The number of anilines is 2. The zero-order valence-corrected chi connectivity index (χ0v) is 18.3. The van der Waals surface area contributed by atoms with Crippen LogP contribution in [0.4, 0.5) is 11.4 Å². The van der Waals surface area contributed by atoms with E-state index in [1.54, 1.807) is 0 Å². The van der Waals surface area contributed by atoms with E-state index in [0.29, 0.717) is 30.0 Å². The number of nitrogens with zero attached hydrogens (tertiary/aromatic N) is 1. The fourth-order valence-electron chi connectivity index (χ4n) is 4.11. The van der Waals surface area contributed by atoms with E-state index in [1.807, 2.05) is 67.6 Å². The number of carbonyl (C=O) groups excluding carboxylic acids is 2. The quantitative estimate of drug-likeness (QED) is 0.456. The molecule has 1 fully saturated rings. The third kappa shape index (κ3) is 4.27. The summed E-state index contributed by atoms with van der Waals surface area (Å²) in [5, 5.41) is 5.56. The minimum atomic E-state index is -0.661. The Morgan fingerprint density at radius 2 is 1.73 bits per heavy atom. The first kappa shape index (κ1) is 21.0. The predicted molar refractivity (Wildman–Crippen MR) is 127 cm³/mol. The van der Waals surface area contributed by atoms with Gasteiger partial charge in [0.25, 0.3) is 5.91 Å². The van der Waals surface area contributed by atoms with Gasteiger partial charge in [-0.1, -0.05) is 36.4 Å². The molecular formula is C26H24N2O5. The van der Waals surface area contributed by atoms with Crippen LogP contribution in [0.1, 0.15) is 16.1 Å². The Bertz CT molecular complexity index is 1320. The van der Waals surface area contributed by atoms with Crippen LogP contribution in [0.5, 0.6) is 0 Å². The van der Waals surface area contributed by atoms with Gasteiger partial charge in [-0.3, -0.25) is 4.79 Å². The molecular weight excluding hydrogens is 420 g/mol. The van der Waals surface area contributed by atoms with Crippen molar-refractivity contribution < 1.29 is 23.5 Å². The second kappa shape index (κ2) is 8.96. The fourth-order valence-corrected chi connectivity index (χ4v) is 4.11. The van der Waals surface area contributed by atoms with Crippen LogP contribution in [0.15, 0.2) is 65.1 Å². The van der Waals surface area contributed by atoms with Gasteiger partial charge < -0.3 is 24.1 Å². The largest absolute Gasteiger partial charge is 0.450 e. The summed E-state index contributed by atoms with van der Waals surface area (Å²) in [5.41, 5.74) is 3.05. The van der Waals surface area contributed by atoms with Gasteiger partial charge in [-0.15, -0.1) is 0 Å². The minimum Gasteiger partial charge on any atom is -0.450 e. The number of amides is 1. The third-order valence-electron chi connectivity index (χ3n) is 5.88. The van der Waals surface area contributed by atoms with Crippen molar-refractivity contribution in [2.75, 3.05) is 43.1 Å². The highest BCUT2D eigenvalue weighted by atomic mass is 16.5. The van der Waals surface area contributed by atoms with Gasteiger partial charge in [-0.05, 0) is 36.6 Å². The number of nitrogens with one attached hydrogen (secondary N) is 1. The summed E-state index contributed by atoms with van der Waals surface area (Å²) < 4.78 is 16.5. The normalized spacial score (nSPS) is 13.9. The molecule has 1 aromatic heterocycles. The average molecular weight is 444 g/mol. The lowest BCUT2D eigenvalue weighted by Crippen LogP contribution is -2.36. The zero-order valence-electron chi connectivity index (χ0n) is 18.3. The van der Waals surface area contributed by atoms with Gasteiger partial charge >= 0.3 is 5.97 Å². The summed E-state index contributed by atoms with van der Waals surface area (Å²) in [7, 11) is 0. The second-order valence-corrected chi connectivity index (χ2v) is 7.99. The number of morpholine rings is 1. The maximum absolute atomic E-state index is 12.6. The molecule has 7 nitrogen and oxygen atoms in total. The molecule has 2 heterocycles. The van der Waals surface area contributed by atoms with Crippen LogP contribution in [0.3, 0.4) is 0 Å². The summed E-state index contributed by atoms with van der Waals surface area (Å²) in [6, 6.07) is 19.3. The van der Waals surface area contributed by atoms with Crippen molar-refractivity contribution >= 4 is 45.0 Å². The average Bonchev–Trinajstić information content (AvgIpc) is 3.20. The molecule has 0 radical (unpaired) electrons. The van der Waals surface area contributed by atoms with Crippen molar-refractivity contribution in [2.45, 2.75) is 6.92 Å². The Morgan fingerprint density at radius 3 is 2.52 bits per heavy atom. The number of hydrogen-bond donors (Lipinski definition) is 1. The second-order valence-electron chi connectivity index (χ2n) is 7.99. The van der Waals surface area contributed by atoms with E-state index in [4.69, 9.17) is 13.9 Å². The smallest absolute Gasteiger partial charge is 0.375 e. The Balaban J connectivity index is 1.23. The van der Waals surface area contributed by atoms with Crippen molar-refractivity contribution in [3.8, 4) is 0 Å². The molecule has 7 heteroatoms. The number of ether oxygens (including phenoxy) is 2. The number of hydrogen-bond acceptors (Lipinski definition) is 6. The van der Waals surface area contributed by atoms with Gasteiger partial charge in [0.1, 0.15) is 5.58 Å². The lowest BCUT2D eigenvalue weighted by Gasteiger charge is -2.28. The first-order valence-corrected chi connectivity index (χ1v) is 10.9. The predicted octanol–water partition coefficient (Wildman–Crippen LogP) is 4.53. The molecule has 1 aliphatic heterocycles. The Hall–Kier alpha value is -3.84. The molecule has 3 aromatic carbocycles. The molecule has 0 saturated carbocycles. The molecule has 1 aliphatic rings. The van der Waals surface area contributed by atoms with Gasteiger partial charge in [0, 0.05) is 40.8 Å². The molecule has 33 heavy (non-hydrogen) atoms. The number of carbonyl (C=O) groups is 2. The Morgan fingerprint density at radius 1 is 0.970 bits per heavy atom. The maximum atomic E-state index is 12.6. The number of benzene rings is 3. The van der Waals surface area contributed by atoms with E-state index in [1.165, 1.54) is 0 Å². The highest BCUT2D eigenvalue weighted by molar-refractivity contribution is 6.08. The third-order valence-corrected chi connectivity index (χ3v) is 5.88. The summed E-state index contributed by atoms with van der Waals surface area (Å²) in [6.07, 6.45) is 0. The lowest BCUT2D eigenvalue weighted by atomic mass is 10.1. The highest BCUT2D eigenvalue weighted by Crippen LogP contribution is 2.32. The summed E-state index contributed by atoms with van der Waals surface area (Å²) in [4.78, 5) is 27.2. The van der Waals surface area contributed by atoms with Crippen molar-refractivity contribution in [2.24, 2.45) is 0 Å². The standard InChI is InChI=1S/C26H24N2O5/c1-17-21-11-6-18-4-2-3-5-22(18)25(21)33-24(17)26(30)32-16-23(29)27-19-7-9-20(10-8-19)28-12-14-31-15-13-28/h2-11H,12-16H2,1H3,(H,27,29). The Kier molecular flexibility index (Phi) is 5.71. The summed E-state index contributed by atoms with van der Waals surface area (Å²) >= 11 is 0. The molecule has 0 spiro atoms. The molecule has 4 aromatic rings. The number of fused-ring (bicyclic) bond motifs is 3. The van der Waals surface area contributed by atoms with E-state index >= 15 is 0 Å². The van der Waals surface area contributed by atoms with Gasteiger partial charge in [-0.25, -0.2) is 4.79 Å². The van der Waals surface area contributed by atoms with Crippen LogP contribution in [0, 0.1) is 6.92 Å². The van der Waals surface area contributed by atoms with E-state index < -0.39 is 18.5 Å². The lowest BCUT2D eigenvalue weighted by molar-refractivity contribution is -0.119. The molecule has 0 bridgehead atoms. The molecule has 0 unspecified atom stereocenters. The van der Waals surface area contributed by atoms with E-state index in [-0.39, 0.29) is 5.76 Å². The monoisotopic (exact) mass is 444 g/mol. The molecule has 1 saturated heterocycles. The maximum Gasteiger partial charge on any atom is 0.375 e. The Labute approximate surface area is 190 Å². The summed E-state index contributed by atoms with van der Waals surface area (Å²) in [6.45, 7) is 4.53. The first-order valence-electron chi connectivity index (χ1n) is 10.9. The van der Waals surface area contributed by atoms with Gasteiger partial charge in [-0.2, -0.15) is 0 Å². The number of esters is 1. The van der Waals surface area contributed by atoms with Crippen LogP contribution in [0.25, 0.3) is 21.7 Å². The van der Waals surface area contributed by atoms with Crippen LogP contribution < -0.4 is 10.2 Å². The van der Waals surface area contributed by atoms with E-state index in [2.05, 4.69) is 10.2 Å². The SMILES string of the molecule is Cc1c(C(=O)OCC(=O)Nc2ccc(N3CCOCC3)cc2)oc2c1ccc1ccccc12. The number of rotatable bonds is 5. The fraction of sp³-hybridized carbons (Fsp3) is 0.231. The number of furan rings is 1. The van der Waals surface area contributed by atoms with E-state index in [0.717, 1.165) is 34.9 Å². The van der Waals surface area contributed by atoms with Crippen molar-refractivity contribution in [3.05, 3.63) is 72.0 Å². The van der Waals surface area contributed by atoms with Gasteiger partial charge in [0.05, 0.1) is 13.2 Å². The van der Waals surface area contributed by atoms with Crippen molar-refractivity contribution in [3.63, 3.8) is 0 Å². The topological polar surface area (TPSA) is 81.0 Å². The van der Waals surface area contributed by atoms with Crippen molar-refractivity contribution in [1.29, 1.82) is 0 Å². The molecule has 0 atom stereocenters. The molecule has 5 rings (SSSR count). The minimum absolute atomic E-state index is 0.115. The number of aryl methyl sites for hydroxylation is 1. The molecule has 1 N–H and O–H groups in total. The molecule has 1 amide bonds. The first-order chi connectivity index (χ1) is 16.1. The van der Waals surface area contributed by atoms with E-state index in [9.17, 15) is 9.59 Å². The van der Waals surface area contributed by atoms with Crippen LogP contribution in [-0.2, 0) is 14.3 Å². The molecule has 168 valence electrons.